The first-order chi connectivity index (χ1) is 18.7. The van der Waals surface area contributed by atoms with Crippen LogP contribution in [-0.2, 0) is 15.0 Å². The predicted octanol–water partition coefficient (Wildman–Crippen LogP) is 5.95. The van der Waals surface area contributed by atoms with E-state index in [1.165, 1.54) is 35.2 Å². The molecule has 3 aromatic carbocycles. The number of rotatable bonds is 4. The van der Waals surface area contributed by atoms with Crippen LogP contribution in [0.2, 0.25) is 0 Å². The molecule has 4 amide bonds. The van der Waals surface area contributed by atoms with Crippen molar-refractivity contribution in [1.29, 1.82) is 0 Å². The molecule has 1 aromatic heterocycles. The van der Waals surface area contributed by atoms with Crippen LogP contribution in [0.4, 0.5) is 21.9 Å². The van der Waals surface area contributed by atoms with Crippen LogP contribution in [0.3, 0.4) is 0 Å². The summed E-state index contributed by atoms with van der Waals surface area (Å²) in [7, 11) is 2.80. The monoisotopic (exact) mass is 581 g/mol. The van der Waals surface area contributed by atoms with Crippen molar-refractivity contribution in [2.24, 2.45) is 0 Å². The van der Waals surface area contributed by atoms with Crippen molar-refractivity contribution in [3.8, 4) is 11.1 Å². The molecule has 0 bridgehead atoms. The number of urea groups is 1. The van der Waals surface area contributed by atoms with Crippen molar-refractivity contribution in [2.75, 3.05) is 19.0 Å². The number of hydrogen-bond acceptors (Lipinski definition) is 4. The number of benzene rings is 3. The Morgan fingerprint density at radius 1 is 0.718 bits per heavy atom. The van der Waals surface area contributed by atoms with Gasteiger partial charge in [-0.3, -0.25) is 0 Å². The SMILES string of the molecule is CN1C(=O)C(=Cc2cc3c([se]2)C(C)(C)c2cc(N(c4ccccc4)c4ccccc4)ccc2-3)C(=O)N(C)C1=O. The van der Waals surface area contributed by atoms with E-state index >= 15 is 0 Å². The van der Waals surface area contributed by atoms with E-state index in [9.17, 15) is 14.4 Å². The van der Waals surface area contributed by atoms with E-state index in [0.29, 0.717) is 0 Å². The Morgan fingerprint density at radius 2 is 1.28 bits per heavy atom. The van der Waals surface area contributed by atoms with Crippen LogP contribution in [0.1, 0.15) is 28.3 Å². The summed E-state index contributed by atoms with van der Waals surface area (Å²) in [5.74, 6) is -1.11. The summed E-state index contributed by atoms with van der Waals surface area (Å²) in [5, 5.41) is 0. The molecule has 0 spiro atoms. The van der Waals surface area contributed by atoms with Crippen LogP contribution in [-0.4, -0.2) is 56.2 Å². The first-order valence-electron chi connectivity index (χ1n) is 12.7. The van der Waals surface area contributed by atoms with Gasteiger partial charge in [-0.05, 0) is 0 Å². The molecule has 1 aliphatic carbocycles. The van der Waals surface area contributed by atoms with Crippen LogP contribution in [0.15, 0.2) is 90.5 Å². The van der Waals surface area contributed by atoms with E-state index in [-0.39, 0.29) is 25.5 Å². The zero-order valence-electron chi connectivity index (χ0n) is 22.1. The van der Waals surface area contributed by atoms with E-state index in [1.807, 2.05) is 12.1 Å². The fourth-order valence-corrected chi connectivity index (χ4v) is 8.00. The molecule has 0 N–H and O–H groups in total. The first kappa shape index (κ1) is 25.1. The molecule has 7 heteroatoms. The van der Waals surface area contributed by atoms with Crippen LogP contribution < -0.4 is 4.90 Å². The number of hydrogen-bond donors (Lipinski definition) is 0. The van der Waals surface area contributed by atoms with Gasteiger partial charge in [0.2, 0.25) is 0 Å². The van der Waals surface area contributed by atoms with E-state index in [4.69, 9.17) is 0 Å². The zero-order chi connectivity index (χ0) is 27.5. The maximum atomic E-state index is 12.7. The summed E-state index contributed by atoms with van der Waals surface area (Å²) >= 11 is -0.0667. The van der Waals surface area contributed by atoms with Gasteiger partial charge in [-0.25, -0.2) is 0 Å². The van der Waals surface area contributed by atoms with Crippen molar-refractivity contribution in [2.45, 2.75) is 19.3 Å². The summed E-state index contributed by atoms with van der Waals surface area (Å²) in [6.07, 6.45) is 1.68. The molecule has 1 saturated heterocycles. The fourth-order valence-electron chi connectivity index (χ4n) is 5.41. The molecule has 0 atom stereocenters. The van der Waals surface area contributed by atoms with Gasteiger partial charge in [-0.15, -0.1) is 0 Å². The van der Waals surface area contributed by atoms with E-state index in [2.05, 4.69) is 91.5 Å². The molecule has 0 radical (unpaired) electrons. The number of fused-ring (bicyclic) bond motifs is 3. The number of carbonyl (C=O) groups is 3. The molecule has 2 heterocycles. The molecule has 39 heavy (non-hydrogen) atoms. The molecular weight excluding hydrogens is 553 g/mol. The molecular formula is C32H27N3O3Se. The topological polar surface area (TPSA) is 60.9 Å². The summed E-state index contributed by atoms with van der Waals surface area (Å²) in [5.41, 5.74) is 6.72. The number of nitrogens with zero attached hydrogens (tertiary/aromatic N) is 3. The Balaban J connectivity index is 1.42. The molecule has 0 saturated carbocycles. The van der Waals surface area contributed by atoms with Crippen LogP contribution in [0.25, 0.3) is 17.2 Å². The standard InChI is InChI=1S/C32H27N3O3Se/c1-32(2)27-17-22(35(20-11-7-5-8-12-20)21-13-9-6-10-14-21)15-16-24(27)25-18-23(39-28(25)32)19-26-29(36)33(3)31(38)34(4)30(26)37/h5-19H,1-4H3. The van der Waals surface area contributed by atoms with Crippen molar-refractivity contribution < 1.29 is 14.4 Å². The van der Waals surface area contributed by atoms with Gasteiger partial charge in [-0.1, -0.05) is 0 Å². The molecule has 0 unspecified atom stereocenters. The average Bonchev–Trinajstić information content (AvgIpc) is 3.47. The van der Waals surface area contributed by atoms with E-state index in [0.717, 1.165) is 31.3 Å². The van der Waals surface area contributed by atoms with Gasteiger partial charge in [-0.2, -0.15) is 0 Å². The summed E-state index contributed by atoms with van der Waals surface area (Å²) < 4.78 is 2.28. The van der Waals surface area contributed by atoms with Crippen molar-refractivity contribution in [3.63, 3.8) is 0 Å². The number of para-hydroxylation sites is 2. The van der Waals surface area contributed by atoms with Gasteiger partial charge in [0.25, 0.3) is 0 Å². The Bertz CT molecular complexity index is 1610. The first-order valence-corrected chi connectivity index (χ1v) is 14.4. The Kier molecular flexibility index (Phi) is 5.94. The second-order valence-electron chi connectivity index (χ2n) is 10.3. The number of anilines is 3. The van der Waals surface area contributed by atoms with Gasteiger partial charge in [0.1, 0.15) is 0 Å². The molecule has 1 fully saturated rings. The van der Waals surface area contributed by atoms with Crippen LogP contribution >= 0.6 is 0 Å². The molecule has 4 aromatic rings. The Labute approximate surface area is 233 Å². The summed E-state index contributed by atoms with van der Waals surface area (Å²) in [6, 6.07) is 28.9. The predicted molar refractivity (Wildman–Crippen MR) is 155 cm³/mol. The second kappa shape index (κ2) is 9.23. The molecule has 2 aliphatic rings. The minimum absolute atomic E-state index is 0.0311. The number of likely N-dealkylation sites (N-methyl/N-ethyl adjacent to an activating group) is 2. The van der Waals surface area contributed by atoms with Crippen molar-refractivity contribution in [3.05, 3.63) is 105 Å². The maximum absolute atomic E-state index is 12.7. The van der Waals surface area contributed by atoms with Crippen LogP contribution in [0, 0.1) is 0 Å². The summed E-state index contributed by atoms with van der Waals surface area (Å²) in [4.78, 5) is 41.9. The molecule has 6 rings (SSSR count). The number of imide groups is 2. The van der Waals surface area contributed by atoms with Gasteiger partial charge in [0, 0.05) is 0 Å². The minimum atomic E-state index is -0.611. The van der Waals surface area contributed by atoms with Gasteiger partial charge < -0.3 is 0 Å². The molecule has 194 valence electrons. The Morgan fingerprint density at radius 3 is 1.85 bits per heavy atom. The van der Waals surface area contributed by atoms with E-state index < -0.39 is 17.8 Å². The Hall–Kier alpha value is -4.19. The van der Waals surface area contributed by atoms with Crippen molar-refractivity contribution >= 4 is 55.5 Å². The third-order valence-corrected chi connectivity index (χ3v) is 10.5. The molecule has 6 nitrogen and oxygen atoms in total. The number of carbonyl (C=O) groups excluding carboxylic acids is 3. The van der Waals surface area contributed by atoms with Gasteiger partial charge >= 0.3 is 234 Å². The zero-order valence-corrected chi connectivity index (χ0v) is 23.8. The number of amides is 4. The third-order valence-electron chi connectivity index (χ3n) is 7.50. The quantitative estimate of drug-likeness (QED) is 0.170. The second-order valence-corrected chi connectivity index (χ2v) is 12.6. The van der Waals surface area contributed by atoms with Gasteiger partial charge in [0.15, 0.2) is 0 Å². The third kappa shape index (κ3) is 3.97. The van der Waals surface area contributed by atoms with Crippen molar-refractivity contribution in [1.82, 2.24) is 9.80 Å². The molecule has 1 aliphatic heterocycles. The fraction of sp³-hybridized carbons (Fsp3) is 0.156. The van der Waals surface area contributed by atoms with Gasteiger partial charge in [0.05, 0.1) is 0 Å². The van der Waals surface area contributed by atoms with Crippen LogP contribution in [0.5, 0.6) is 0 Å². The number of barbiturate groups is 1. The van der Waals surface area contributed by atoms with E-state index in [1.54, 1.807) is 6.08 Å². The average molecular weight is 581 g/mol. The summed E-state index contributed by atoms with van der Waals surface area (Å²) in [6.45, 7) is 4.49. The normalized spacial score (nSPS) is 15.9.